The second-order valence-electron chi connectivity index (χ2n) is 2.09. The average Bonchev–Trinajstić information content (AvgIpc) is 2.64. The van der Waals surface area contributed by atoms with Crippen molar-refractivity contribution < 1.29 is 4.42 Å². The second kappa shape index (κ2) is 5.47. The lowest BCUT2D eigenvalue weighted by atomic mass is 10.3. The Labute approximate surface area is 66.3 Å². The summed E-state index contributed by atoms with van der Waals surface area (Å²) < 4.78 is 4.58. The van der Waals surface area contributed by atoms with Crippen LogP contribution in [0.2, 0.25) is 0 Å². The highest BCUT2D eigenvalue weighted by atomic mass is 16.3. The van der Waals surface area contributed by atoms with E-state index in [1.807, 2.05) is 24.5 Å². The average molecular weight is 149 g/mol. The zero-order valence-corrected chi connectivity index (χ0v) is 6.31. The predicted octanol–water partition coefficient (Wildman–Crippen LogP) is 2.64. The van der Waals surface area contributed by atoms with E-state index in [0.717, 1.165) is 6.42 Å². The maximum atomic E-state index is 4.58. The van der Waals surface area contributed by atoms with E-state index in [2.05, 4.69) is 15.5 Å². The third-order valence-corrected chi connectivity index (χ3v) is 1.18. The van der Waals surface area contributed by atoms with Crippen LogP contribution >= 0.6 is 0 Å². The zero-order chi connectivity index (χ0) is 7.78. The Balaban J connectivity index is 0.000000112. The minimum Gasteiger partial charge on any atom is -0.473 e. The molecule has 2 rings (SSSR count). The van der Waals surface area contributed by atoms with E-state index >= 15 is 0 Å². The highest BCUT2D eigenvalue weighted by Gasteiger charge is 1.78. The molecule has 0 amide bonds. The van der Waals surface area contributed by atoms with Crippen LogP contribution < -0.4 is 0 Å². The van der Waals surface area contributed by atoms with Gasteiger partial charge in [0.2, 0.25) is 0 Å². The SMILES string of the molecule is C1=CN=CCC1.c1ccoc1. The first-order valence-corrected chi connectivity index (χ1v) is 3.64. The number of hydrogen-bond acceptors (Lipinski definition) is 2. The van der Waals surface area contributed by atoms with Gasteiger partial charge in [0.25, 0.3) is 0 Å². The maximum Gasteiger partial charge on any atom is 0.0902 e. The largest absolute Gasteiger partial charge is 0.473 e. The molecule has 0 saturated heterocycles. The summed E-state index contributed by atoms with van der Waals surface area (Å²) in [5.74, 6) is 0. The molecular weight excluding hydrogens is 138 g/mol. The van der Waals surface area contributed by atoms with E-state index < -0.39 is 0 Å². The molecule has 0 fully saturated rings. The van der Waals surface area contributed by atoms with Crippen molar-refractivity contribution in [2.75, 3.05) is 0 Å². The van der Waals surface area contributed by atoms with Crippen molar-refractivity contribution in [1.82, 2.24) is 0 Å². The van der Waals surface area contributed by atoms with Crippen LogP contribution in [0.25, 0.3) is 0 Å². The quantitative estimate of drug-likeness (QED) is 0.556. The molecule has 58 valence electrons. The van der Waals surface area contributed by atoms with Crippen LogP contribution in [0.4, 0.5) is 0 Å². The van der Waals surface area contributed by atoms with Crippen LogP contribution in [-0.2, 0) is 0 Å². The lowest BCUT2D eigenvalue weighted by Crippen LogP contribution is -1.75. The fraction of sp³-hybridized carbons (Fsp3) is 0.222. The minimum absolute atomic E-state index is 1.12. The molecule has 0 spiro atoms. The molecule has 1 aromatic rings. The summed E-state index contributed by atoms with van der Waals surface area (Å²) in [6.07, 6.45) is 11.4. The van der Waals surface area contributed by atoms with Gasteiger partial charge in [-0.15, -0.1) is 0 Å². The number of allylic oxidation sites excluding steroid dienone is 1. The van der Waals surface area contributed by atoms with Gasteiger partial charge in [0.15, 0.2) is 0 Å². The van der Waals surface area contributed by atoms with Crippen molar-refractivity contribution in [2.45, 2.75) is 12.8 Å². The molecule has 0 atom stereocenters. The van der Waals surface area contributed by atoms with Crippen LogP contribution in [0.5, 0.6) is 0 Å². The van der Waals surface area contributed by atoms with Crippen LogP contribution in [0, 0.1) is 0 Å². The first-order valence-electron chi connectivity index (χ1n) is 3.64. The lowest BCUT2D eigenvalue weighted by Gasteiger charge is -1.87. The molecule has 1 aliphatic rings. The fourth-order valence-electron chi connectivity index (χ4n) is 0.668. The predicted molar refractivity (Wildman–Crippen MR) is 45.6 cm³/mol. The van der Waals surface area contributed by atoms with Crippen LogP contribution in [0.1, 0.15) is 12.8 Å². The van der Waals surface area contributed by atoms with Gasteiger partial charge in [-0.1, -0.05) is 6.08 Å². The van der Waals surface area contributed by atoms with Gasteiger partial charge < -0.3 is 4.42 Å². The van der Waals surface area contributed by atoms with Crippen LogP contribution in [0.15, 0.2) is 46.3 Å². The van der Waals surface area contributed by atoms with Crippen molar-refractivity contribution in [3.63, 3.8) is 0 Å². The van der Waals surface area contributed by atoms with Crippen molar-refractivity contribution in [3.05, 3.63) is 36.9 Å². The molecule has 0 unspecified atom stereocenters. The lowest BCUT2D eigenvalue weighted by molar-refractivity contribution is 0.567. The molecular formula is C9H11NO. The van der Waals surface area contributed by atoms with Gasteiger partial charge >= 0.3 is 0 Å². The van der Waals surface area contributed by atoms with Gasteiger partial charge in [-0.25, -0.2) is 0 Å². The maximum absolute atomic E-state index is 4.58. The molecule has 2 heterocycles. The van der Waals surface area contributed by atoms with Crippen molar-refractivity contribution in [3.8, 4) is 0 Å². The normalized spacial score (nSPS) is 13.8. The van der Waals surface area contributed by atoms with Gasteiger partial charge in [-0.2, -0.15) is 0 Å². The zero-order valence-electron chi connectivity index (χ0n) is 6.31. The summed E-state index contributed by atoms with van der Waals surface area (Å²) in [6.45, 7) is 0. The number of furan rings is 1. The van der Waals surface area contributed by atoms with E-state index in [1.54, 1.807) is 12.5 Å². The second-order valence-corrected chi connectivity index (χ2v) is 2.09. The molecule has 0 aromatic carbocycles. The third kappa shape index (κ3) is 4.14. The molecule has 0 saturated carbocycles. The Bertz CT molecular complexity index is 182. The monoisotopic (exact) mass is 149 g/mol. The number of rotatable bonds is 0. The van der Waals surface area contributed by atoms with Gasteiger partial charge in [0, 0.05) is 12.4 Å². The van der Waals surface area contributed by atoms with Crippen molar-refractivity contribution >= 4 is 6.21 Å². The van der Waals surface area contributed by atoms with Crippen molar-refractivity contribution in [1.29, 1.82) is 0 Å². The first kappa shape index (κ1) is 7.79. The minimum atomic E-state index is 1.12. The van der Waals surface area contributed by atoms with Crippen molar-refractivity contribution in [2.24, 2.45) is 4.99 Å². The highest BCUT2D eigenvalue weighted by molar-refractivity contribution is 5.59. The van der Waals surface area contributed by atoms with Gasteiger partial charge in [0.1, 0.15) is 0 Å². The number of nitrogens with zero attached hydrogens (tertiary/aromatic N) is 1. The highest BCUT2D eigenvalue weighted by Crippen LogP contribution is 1.92. The van der Waals surface area contributed by atoms with E-state index in [-0.39, 0.29) is 0 Å². The Kier molecular flexibility index (Phi) is 3.88. The fourth-order valence-corrected chi connectivity index (χ4v) is 0.668. The molecule has 2 heteroatoms. The summed E-state index contributed by atoms with van der Waals surface area (Å²) in [4.78, 5) is 3.87. The summed E-state index contributed by atoms with van der Waals surface area (Å²) >= 11 is 0. The molecule has 0 aliphatic carbocycles. The third-order valence-electron chi connectivity index (χ3n) is 1.18. The standard InChI is InChI=1S/C5H7N.C4H4O/c1-2-4-6-5-3-1;1-2-4-5-3-1/h2,4-5H,1,3H2;1-4H. The smallest absolute Gasteiger partial charge is 0.0902 e. The summed E-state index contributed by atoms with van der Waals surface area (Å²) in [5.41, 5.74) is 0. The Morgan fingerprint density at radius 2 is 1.91 bits per heavy atom. The molecule has 11 heavy (non-hydrogen) atoms. The first-order chi connectivity index (χ1) is 5.50. The van der Waals surface area contributed by atoms with Gasteiger partial charge in [-0.3, -0.25) is 4.99 Å². The van der Waals surface area contributed by atoms with Crippen LogP contribution in [0.3, 0.4) is 0 Å². The summed E-state index contributed by atoms with van der Waals surface area (Å²) in [7, 11) is 0. The van der Waals surface area contributed by atoms with E-state index in [1.165, 1.54) is 6.42 Å². The molecule has 0 N–H and O–H groups in total. The van der Waals surface area contributed by atoms with Crippen LogP contribution in [-0.4, -0.2) is 6.21 Å². The van der Waals surface area contributed by atoms with Gasteiger partial charge in [-0.05, 0) is 25.0 Å². The van der Waals surface area contributed by atoms with E-state index in [9.17, 15) is 0 Å². The summed E-state index contributed by atoms with van der Waals surface area (Å²) in [5, 5.41) is 0. The Morgan fingerprint density at radius 1 is 1.09 bits per heavy atom. The molecule has 1 aromatic heterocycles. The summed E-state index contributed by atoms with van der Waals surface area (Å²) in [6, 6.07) is 3.67. The number of aliphatic imine (C=N–C) groups is 1. The van der Waals surface area contributed by atoms with E-state index in [0.29, 0.717) is 0 Å². The molecule has 0 bridgehead atoms. The van der Waals surface area contributed by atoms with Gasteiger partial charge in [0.05, 0.1) is 12.5 Å². The topological polar surface area (TPSA) is 25.5 Å². The van der Waals surface area contributed by atoms with E-state index in [4.69, 9.17) is 0 Å². The Hall–Kier alpha value is -1.31. The Morgan fingerprint density at radius 3 is 2.09 bits per heavy atom. The number of hydrogen-bond donors (Lipinski definition) is 0. The molecule has 0 radical (unpaired) electrons. The molecule has 2 nitrogen and oxygen atoms in total. The molecule has 1 aliphatic heterocycles.